The van der Waals surface area contributed by atoms with Gasteiger partial charge in [0.15, 0.2) is 0 Å². The number of carbonyl (C=O) groups is 1. The quantitative estimate of drug-likeness (QED) is 0.707. The maximum Gasteiger partial charge on any atom is 0.262 e. The molecule has 1 saturated carbocycles. The minimum absolute atomic E-state index is 0.0769. The number of thiophene rings is 1. The number of amides is 1. The van der Waals surface area contributed by atoms with Crippen molar-refractivity contribution in [1.82, 2.24) is 19.3 Å². The molecule has 1 fully saturated rings. The molecule has 1 amide bonds. The summed E-state index contributed by atoms with van der Waals surface area (Å²) < 4.78 is 3.47. The molecule has 28 heavy (non-hydrogen) atoms. The highest BCUT2D eigenvalue weighted by Crippen LogP contribution is 2.30. The molecular weight excluding hydrogens is 374 g/mol. The van der Waals surface area contributed by atoms with Crippen LogP contribution in [-0.4, -0.2) is 25.2 Å². The normalized spacial score (nSPS) is 15.2. The minimum atomic E-state index is -0.122. The average molecular weight is 400 g/mol. The third-order valence-electron chi connectivity index (χ3n) is 5.59. The first kappa shape index (κ1) is 18.9. The molecule has 0 spiro atoms. The first-order valence-corrected chi connectivity index (χ1v) is 10.6. The summed E-state index contributed by atoms with van der Waals surface area (Å²) in [6, 6.07) is 2.20. The van der Waals surface area contributed by atoms with Crippen LogP contribution in [0.25, 0.3) is 10.2 Å². The van der Waals surface area contributed by atoms with E-state index in [0.29, 0.717) is 18.0 Å². The zero-order chi connectivity index (χ0) is 19.7. The molecule has 0 radical (unpaired) electrons. The van der Waals surface area contributed by atoms with Crippen LogP contribution in [0, 0.1) is 13.8 Å². The van der Waals surface area contributed by atoms with Crippen LogP contribution in [-0.2, 0) is 11.3 Å². The molecule has 1 aliphatic carbocycles. The Labute approximate surface area is 167 Å². The Bertz CT molecular complexity index is 1060. The largest absolute Gasteiger partial charge is 0.311 e. The summed E-state index contributed by atoms with van der Waals surface area (Å²) in [4.78, 5) is 31.5. The number of hydrogen-bond acceptors (Lipinski definition) is 5. The Morgan fingerprint density at radius 1 is 1.29 bits per heavy atom. The lowest BCUT2D eigenvalue weighted by Crippen LogP contribution is -2.25. The maximum absolute atomic E-state index is 12.7. The molecule has 0 aromatic carbocycles. The third-order valence-corrected chi connectivity index (χ3v) is 6.71. The van der Waals surface area contributed by atoms with E-state index >= 15 is 0 Å². The molecule has 148 valence electrons. The van der Waals surface area contributed by atoms with E-state index in [4.69, 9.17) is 0 Å². The fraction of sp³-hybridized carbons (Fsp3) is 0.500. The van der Waals surface area contributed by atoms with Gasteiger partial charge in [-0.25, -0.2) is 9.67 Å². The van der Waals surface area contributed by atoms with Gasteiger partial charge in [-0.2, -0.15) is 5.10 Å². The van der Waals surface area contributed by atoms with E-state index in [1.807, 2.05) is 24.6 Å². The van der Waals surface area contributed by atoms with Gasteiger partial charge in [-0.05, 0) is 32.3 Å². The topological polar surface area (TPSA) is 81.8 Å². The smallest absolute Gasteiger partial charge is 0.262 e. The molecule has 0 unspecified atom stereocenters. The molecule has 3 heterocycles. The van der Waals surface area contributed by atoms with Crippen molar-refractivity contribution in [2.45, 2.75) is 65.0 Å². The highest BCUT2D eigenvalue weighted by Gasteiger charge is 2.19. The molecule has 8 heteroatoms. The Morgan fingerprint density at radius 3 is 2.86 bits per heavy atom. The number of carbonyl (C=O) groups excluding carboxylic acids is 1. The Morgan fingerprint density at radius 2 is 2.07 bits per heavy atom. The van der Waals surface area contributed by atoms with Gasteiger partial charge in [0, 0.05) is 23.9 Å². The monoisotopic (exact) mass is 399 g/mol. The lowest BCUT2D eigenvalue weighted by atomic mass is 9.96. The summed E-state index contributed by atoms with van der Waals surface area (Å²) in [6.07, 6.45) is 9.38. The predicted molar refractivity (Wildman–Crippen MR) is 111 cm³/mol. The molecule has 1 N–H and O–H groups in total. The van der Waals surface area contributed by atoms with Crippen molar-refractivity contribution < 1.29 is 4.79 Å². The molecule has 0 atom stereocenters. The van der Waals surface area contributed by atoms with Gasteiger partial charge >= 0.3 is 0 Å². The number of aromatic nitrogens is 4. The standard InChI is InChI=1S/C20H25N5O2S/c1-13-14(2)28-19-18(13)20(27)24(12-21-19)11-9-17(26)23-16-8-10-22-25(16)15-6-4-3-5-7-15/h8,10,12,15H,3-7,9,11H2,1-2H3,(H,23,26). The van der Waals surface area contributed by atoms with Gasteiger partial charge in [-0.15, -0.1) is 11.3 Å². The minimum Gasteiger partial charge on any atom is -0.311 e. The van der Waals surface area contributed by atoms with Crippen molar-refractivity contribution >= 4 is 33.3 Å². The van der Waals surface area contributed by atoms with Crippen LogP contribution in [0.2, 0.25) is 0 Å². The number of anilines is 1. The highest BCUT2D eigenvalue weighted by molar-refractivity contribution is 7.18. The maximum atomic E-state index is 12.7. The molecule has 3 aromatic heterocycles. The number of rotatable bonds is 5. The SMILES string of the molecule is Cc1sc2ncn(CCC(=O)Nc3ccnn3C3CCCCC3)c(=O)c2c1C. The molecule has 4 rings (SSSR count). The van der Waals surface area contributed by atoms with Gasteiger partial charge < -0.3 is 5.32 Å². The van der Waals surface area contributed by atoms with Crippen molar-refractivity contribution in [1.29, 1.82) is 0 Å². The van der Waals surface area contributed by atoms with Crippen LogP contribution in [0.1, 0.15) is 55.0 Å². The average Bonchev–Trinajstić information content (AvgIpc) is 3.27. The number of hydrogen-bond donors (Lipinski definition) is 1. The van der Waals surface area contributed by atoms with Gasteiger partial charge in [0.05, 0.1) is 24.0 Å². The second-order valence-electron chi connectivity index (χ2n) is 7.46. The summed E-state index contributed by atoms with van der Waals surface area (Å²) in [5.74, 6) is 0.616. The Hall–Kier alpha value is -2.48. The van der Waals surface area contributed by atoms with Crippen LogP contribution in [0.3, 0.4) is 0 Å². The highest BCUT2D eigenvalue weighted by atomic mass is 32.1. The van der Waals surface area contributed by atoms with Gasteiger partial charge in [-0.3, -0.25) is 14.2 Å². The number of nitrogens with zero attached hydrogens (tertiary/aromatic N) is 4. The fourth-order valence-electron chi connectivity index (χ4n) is 3.89. The summed E-state index contributed by atoms with van der Waals surface area (Å²) in [5, 5.41) is 8.03. The van der Waals surface area contributed by atoms with E-state index in [1.54, 1.807) is 12.5 Å². The Kier molecular flexibility index (Phi) is 5.30. The van der Waals surface area contributed by atoms with Gasteiger partial charge in [-0.1, -0.05) is 19.3 Å². The van der Waals surface area contributed by atoms with E-state index in [1.165, 1.54) is 35.2 Å². The van der Waals surface area contributed by atoms with E-state index in [2.05, 4.69) is 15.4 Å². The molecule has 0 aliphatic heterocycles. The van der Waals surface area contributed by atoms with Crippen molar-refractivity contribution in [2.24, 2.45) is 0 Å². The van der Waals surface area contributed by atoms with Gasteiger partial charge in [0.1, 0.15) is 10.6 Å². The lowest BCUT2D eigenvalue weighted by molar-refractivity contribution is -0.116. The second-order valence-corrected chi connectivity index (χ2v) is 8.66. The first-order valence-electron chi connectivity index (χ1n) is 9.83. The third kappa shape index (κ3) is 3.61. The Balaban J connectivity index is 1.44. The van der Waals surface area contributed by atoms with Gasteiger partial charge in [0.25, 0.3) is 5.56 Å². The van der Waals surface area contributed by atoms with Crippen molar-refractivity contribution in [3.8, 4) is 0 Å². The summed E-state index contributed by atoms with van der Waals surface area (Å²) in [6.45, 7) is 4.24. The zero-order valence-electron chi connectivity index (χ0n) is 16.3. The van der Waals surface area contributed by atoms with Crippen molar-refractivity contribution in [3.63, 3.8) is 0 Å². The van der Waals surface area contributed by atoms with Crippen LogP contribution < -0.4 is 10.9 Å². The molecule has 0 bridgehead atoms. The van der Waals surface area contributed by atoms with Gasteiger partial charge in [0.2, 0.25) is 5.91 Å². The summed E-state index contributed by atoms with van der Waals surface area (Å²) in [7, 11) is 0. The number of aryl methyl sites for hydroxylation is 3. The predicted octanol–water partition coefficient (Wildman–Crippen LogP) is 3.81. The molecule has 1 aliphatic rings. The number of nitrogens with one attached hydrogen (secondary N) is 1. The van der Waals surface area contributed by atoms with Crippen LogP contribution >= 0.6 is 11.3 Å². The molecule has 7 nitrogen and oxygen atoms in total. The van der Waals surface area contributed by atoms with E-state index < -0.39 is 0 Å². The van der Waals surface area contributed by atoms with Crippen molar-refractivity contribution in [2.75, 3.05) is 5.32 Å². The zero-order valence-corrected chi connectivity index (χ0v) is 17.1. The van der Waals surface area contributed by atoms with E-state index in [0.717, 1.165) is 33.9 Å². The van der Waals surface area contributed by atoms with Crippen LogP contribution in [0.5, 0.6) is 0 Å². The van der Waals surface area contributed by atoms with Crippen LogP contribution in [0.4, 0.5) is 5.82 Å². The van der Waals surface area contributed by atoms with E-state index in [9.17, 15) is 9.59 Å². The van der Waals surface area contributed by atoms with E-state index in [-0.39, 0.29) is 17.9 Å². The van der Waals surface area contributed by atoms with Crippen LogP contribution in [0.15, 0.2) is 23.4 Å². The summed E-state index contributed by atoms with van der Waals surface area (Å²) in [5.41, 5.74) is 0.902. The fourth-order valence-corrected chi connectivity index (χ4v) is 4.87. The molecule has 3 aromatic rings. The van der Waals surface area contributed by atoms with Crippen molar-refractivity contribution in [3.05, 3.63) is 39.4 Å². The molecule has 0 saturated heterocycles. The second kappa shape index (κ2) is 7.87. The molecular formula is C20H25N5O2S. The summed E-state index contributed by atoms with van der Waals surface area (Å²) >= 11 is 1.53. The number of fused-ring (bicyclic) bond motifs is 1. The first-order chi connectivity index (χ1) is 13.5. The lowest BCUT2D eigenvalue weighted by Gasteiger charge is -2.23.